The van der Waals surface area contributed by atoms with Gasteiger partial charge in [0.2, 0.25) is 9.49 Å². The summed E-state index contributed by atoms with van der Waals surface area (Å²) in [5.41, 5.74) is -4.04. The number of aliphatic hydroxyl groups excluding tert-OH is 2. The molecule has 24 rings (SSSR count). The van der Waals surface area contributed by atoms with E-state index < -0.39 is 223 Å². The highest BCUT2D eigenvalue weighted by Crippen LogP contribution is 2.63. The Morgan fingerprint density at radius 1 is 0.448 bits per heavy atom. The maximum Gasteiger partial charge on any atom is 0.332 e. The van der Waals surface area contributed by atoms with E-state index in [1.165, 1.54) is 28.1 Å². The van der Waals surface area contributed by atoms with Crippen LogP contribution < -0.4 is 0 Å². The average Bonchev–Trinajstić information content (AvgIpc) is 1.51. The fourth-order valence-corrected chi connectivity index (χ4v) is 36.8. The Morgan fingerprint density at radius 2 is 0.922 bits per heavy atom. The lowest BCUT2D eigenvalue weighted by Crippen LogP contribution is -2.51. The van der Waals surface area contributed by atoms with Crippen molar-refractivity contribution in [3.63, 3.8) is 0 Å². The number of fused-ring (bicyclic) bond motifs is 8. The molecule has 0 aromatic carbocycles. The summed E-state index contributed by atoms with van der Waals surface area (Å²) < 4.78 is 285. The fraction of sp³-hybridized carbons (Fsp3) is 0.906. The molecule has 24 aliphatic heterocycles. The van der Waals surface area contributed by atoms with Gasteiger partial charge in [0.25, 0.3) is 80.9 Å². The Bertz CT molecular complexity index is 5220. The molecule has 0 aromatic rings. The first-order valence-corrected chi connectivity index (χ1v) is 48.8. The largest absolute Gasteiger partial charge is 0.469 e. The first kappa shape index (κ1) is 84.0. The van der Waals surface area contributed by atoms with E-state index >= 15 is 0 Å². The third-order valence-corrected chi connectivity index (χ3v) is 41.9. The van der Waals surface area contributed by atoms with Crippen molar-refractivity contribution in [3.05, 3.63) is 0 Å². The lowest BCUT2D eigenvalue weighted by atomic mass is 9.80. The molecule has 44 nitrogen and oxygen atoms in total. The molecule has 35 atom stereocenters. The number of ether oxygens (including phenoxy) is 12. The molecule has 24 saturated heterocycles. The second kappa shape index (κ2) is 27.4. The van der Waals surface area contributed by atoms with Gasteiger partial charge in [0.15, 0.2) is 0 Å². The molecule has 0 radical (unpaired) electrons. The van der Waals surface area contributed by atoms with Crippen molar-refractivity contribution in [1.82, 2.24) is 0 Å². The van der Waals surface area contributed by atoms with Crippen LogP contribution in [0.5, 0.6) is 0 Å². The first-order valence-electron chi connectivity index (χ1n) is 37.2. The Hall–Kier alpha value is -4.26. The van der Waals surface area contributed by atoms with Crippen LogP contribution in [0.15, 0.2) is 0 Å². The summed E-state index contributed by atoms with van der Waals surface area (Å²) in [5.74, 6) is -3.42. The van der Waals surface area contributed by atoms with Gasteiger partial charge in [-0.25, -0.2) is 0 Å². The molecular weight excluding hydrogens is 1730 g/mol. The van der Waals surface area contributed by atoms with Crippen molar-refractivity contribution in [1.29, 1.82) is 10.5 Å². The monoisotopic (exact) mass is 1810 g/mol. The molecule has 0 aromatic heterocycles. The number of nitriles is 2. The van der Waals surface area contributed by atoms with E-state index in [0.717, 1.165) is 12.8 Å². The van der Waals surface area contributed by atoms with Crippen LogP contribution in [0.4, 0.5) is 0 Å². The number of methoxy groups -OCH3 is 2. The van der Waals surface area contributed by atoms with E-state index in [-0.39, 0.29) is 143 Å². The van der Waals surface area contributed by atoms with E-state index in [0.29, 0.717) is 38.5 Å². The topological polar surface area (TPSA) is 614 Å². The van der Waals surface area contributed by atoms with E-state index in [1.807, 2.05) is 19.1 Å². The van der Waals surface area contributed by atoms with Crippen LogP contribution in [0.3, 0.4) is 0 Å². The predicted octanol–water partition coefficient (Wildman–Crippen LogP) is -5.03. The quantitative estimate of drug-likeness (QED) is 0.130. The van der Waals surface area contributed by atoms with Gasteiger partial charge in [0.1, 0.15) is 152 Å². The van der Waals surface area contributed by atoms with Gasteiger partial charge in [-0.15, -0.1) is 0 Å². The number of aliphatic hydroxyl groups is 2. The van der Waals surface area contributed by atoms with Crippen molar-refractivity contribution in [2.24, 2.45) is 17.8 Å². The molecular formula is C64H82N2O42S8. The number of nitrogens with zero attached hydrogens (tertiary/aromatic N) is 2. The molecule has 2 N–H and O–H groups in total. The lowest BCUT2D eigenvalue weighted by molar-refractivity contribution is -0.161. The number of carbonyl (C=O) groups is 4. The minimum absolute atomic E-state index is 0.0317. The van der Waals surface area contributed by atoms with Gasteiger partial charge >= 0.3 is 23.9 Å². The number of esters is 4. The van der Waals surface area contributed by atoms with Crippen LogP contribution >= 0.6 is 0 Å². The second-order valence-corrected chi connectivity index (χ2v) is 47.9. The highest BCUT2D eigenvalue weighted by Gasteiger charge is 2.80. The van der Waals surface area contributed by atoms with Crippen molar-refractivity contribution in [3.8, 4) is 12.1 Å². The van der Waals surface area contributed by atoms with Gasteiger partial charge in [0.05, 0.1) is 87.7 Å². The van der Waals surface area contributed by atoms with Gasteiger partial charge in [-0.3, -0.25) is 52.6 Å². The predicted molar refractivity (Wildman–Crippen MR) is 367 cm³/mol. The Balaban J connectivity index is 0.0000000959. The molecule has 0 spiro atoms. The third kappa shape index (κ3) is 12.2. The van der Waals surface area contributed by atoms with Gasteiger partial charge in [-0.05, 0) is 13.3 Å². The highest BCUT2D eigenvalue weighted by atomic mass is 32.3. The summed E-state index contributed by atoms with van der Waals surface area (Å²) in [5, 5.41) is 32.5. The van der Waals surface area contributed by atoms with Crippen LogP contribution in [0.1, 0.15) is 111 Å². The first-order chi connectivity index (χ1) is 54.1. The van der Waals surface area contributed by atoms with Crippen molar-refractivity contribution < 1.29 is 187 Å². The van der Waals surface area contributed by atoms with Crippen LogP contribution in [-0.2, 0) is 190 Å². The zero-order valence-corrected chi connectivity index (χ0v) is 68.6. The maximum atomic E-state index is 12.1. The highest BCUT2D eigenvalue weighted by molar-refractivity contribution is 7.90. The van der Waals surface area contributed by atoms with Crippen LogP contribution in [0, 0.1) is 40.4 Å². The van der Waals surface area contributed by atoms with Crippen molar-refractivity contribution >= 4 is 105 Å². The van der Waals surface area contributed by atoms with Crippen LogP contribution in [0.2, 0.25) is 0 Å². The number of hydrogen-bond acceptors (Lipinski definition) is 44. The number of rotatable bonds is 8. The molecule has 0 saturated carbocycles. The van der Waals surface area contributed by atoms with Crippen molar-refractivity contribution in [2.45, 2.75) is 296 Å². The minimum Gasteiger partial charge on any atom is -0.469 e. The number of carbonyl (C=O) groups excluding carboxylic acids is 4. The van der Waals surface area contributed by atoms with E-state index in [1.54, 1.807) is 6.92 Å². The summed E-state index contributed by atoms with van der Waals surface area (Å²) in [4.78, 5) is 45.1. The maximum absolute atomic E-state index is 12.1. The lowest BCUT2D eigenvalue weighted by Gasteiger charge is -2.26. The zero-order chi connectivity index (χ0) is 83.6. The molecule has 0 amide bonds. The summed E-state index contributed by atoms with van der Waals surface area (Å²) >= 11 is 0. The standard InChI is InChI=1S/C12H16O8S.C8H12O6S.2C8H10O6S.2C7H7NO4S.2C7H10O4S/c1-7(13)17-5-11-3-9-12(20-11,6-18-8(2)14)10(4-11)21(15,16)19-9;9-3-7-1-5-8(4-10,14-7)6(2-7)15(11,12)13-5;1-12-7(9)8-3-4-2-5(6(8)13-4)14-15(8,10)11;1-12-8(9)5-3-2-4-6(13-3)7(5)15(10,11)14-4;8-3-7-2-4-1-5(6(7)11-4)12-13(7,9)10;8-2-3-4-1-5-6(11-4)7(3)13(9,10)12-5;1-7-3-4-2-5(6(7)10-4)11-12(7,8)9;1-3-4-2-5-6(10-4)7(3)12(8,9)11-5/h9-10H,3-6H2,1-2H3;5-6,9-10H,1-4H2;4-6H,2-3H2,1H3;3-7H,2H2,1H3;4-6H,1-2H2;3-7H,1H2;4-6H,2-3H2,1H3;3-7H,2H2,1H3. The summed E-state index contributed by atoms with van der Waals surface area (Å²) in [6.07, 6.45) is -0.840. The molecule has 116 heavy (non-hydrogen) atoms. The van der Waals surface area contributed by atoms with Crippen molar-refractivity contribution in [2.75, 3.05) is 40.6 Å². The van der Waals surface area contributed by atoms with E-state index in [2.05, 4.69) is 9.47 Å². The summed E-state index contributed by atoms with van der Waals surface area (Å²) in [7, 11) is -26.5. The smallest absolute Gasteiger partial charge is 0.332 e. The second-order valence-electron chi connectivity index (χ2n) is 33.6. The van der Waals surface area contributed by atoms with Crippen LogP contribution in [0.25, 0.3) is 0 Å². The Labute approximate surface area is 665 Å². The molecule has 24 aliphatic rings. The SMILES string of the molecule is CC(=O)OCC12CC3OS(=O)(=O)C(C1)C3(COC(C)=O)O2.CC12CC3CC(OS1(=O)=O)C2O3.CC1C2CC3OS(=O)(=O)C1C3O2.COC(=O)C12CC3CC(OS1(=O)=O)C2O3.COC(=O)C1C2CC3OS(=O)(=O)C1C3O2.N#CC12CC3CC(OS1(=O)=O)C2O3.N#CC1C2CC3OS(=O)(=O)C1C3O2.O=S1(=O)OC2CC3(CO)CC1C2(CO)O3. The Morgan fingerprint density at radius 3 is 1.43 bits per heavy atom. The van der Waals surface area contributed by atoms with Gasteiger partial charge in [0, 0.05) is 96.8 Å². The number of hydrogen-bond donors (Lipinski definition) is 2. The molecule has 24 fully saturated rings. The fourth-order valence-electron chi connectivity index (χ4n) is 22.1. The Kier molecular flexibility index (Phi) is 19.8. The van der Waals surface area contributed by atoms with Crippen LogP contribution in [-0.4, -0.2) is 327 Å². The molecule has 16 bridgehead atoms. The normalized spacial score (nSPS) is 52.2. The molecule has 35 unspecified atom stereocenters. The molecule has 0 aliphatic carbocycles. The summed E-state index contributed by atoms with van der Waals surface area (Å²) in [6, 6.07) is 3.85. The van der Waals surface area contributed by atoms with E-state index in [9.17, 15) is 96.7 Å². The third-order valence-electron chi connectivity index (χ3n) is 27.1. The van der Waals surface area contributed by atoms with Gasteiger partial charge in [-0.2, -0.15) is 77.9 Å². The minimum atomic E-state index is -3.90. The van der Waals surface area contributed by atoms with Gasteiger partial charge in [-0.1, -0.05) is 6.92 Å². The molecule has 24 heterocycles. The summed E-state index contributed by atoms with van der Waals surface area (Å²) in [6.45, 7) is 5.33. The molecule has 648 valence electrons. The van der Waals surface area contributed by atoms with E-state index in [4.69, 9.17) is 91.4 Å². The molecule has 52 heteroatoms. The zero-order valence-electron chi connectivity index (χ0n) is 62.1. The average molecular weight is 1810 g/mol. The van der Waals surface area contributed by atoms with Gasteiger partial charge < -0.3 is 67.1 Å².